The van der Waals surface area contributed by atoms with Gasteiger partial charge in [0.15, 0.2) is 9.84 Å². The van der Waals surface area contributed by atoms with Crippen molar-refractivity contribution in [1.82, 2.24) is 4.90 Å². The van der Waals surface area contributed by atoms with Crippen LogP contribution in [0.1, 0.15) is 50.2 Å². The van der Waals surface area contributed by atoms with Gasteiger partial charge in [-0.25, -0.2) is 8.42 Å². The maximum Gasteiger partial charge on any atom is 0.229 e. The standard InChI is InChI=1S/C27H37N3O5S/c1-17(2)30-13-11-18(12-14-30)22-15-20(6-9-24(22)35-3)29-27(32)19-5-7-21-23(31)8-10-25(36(4,33)34)26(21)28-16-19/h6,8-10,15,17-19,28,31H,5,7,11-14,16H2,1-4H3,(H,29,32). The number of rotatable bonds is 6. The average Bonchev–Trinajstić information content (AvgIpc) is 3.07. The van der Waals surface area contributed by atoms with Gasteiger partial charge < -0.3 is 25.4 Å². The zero-order chi connectivity index (χ0) is 26.0. The van der Waals surface area contributed by atoms with Gasteiger partial charge in [-0.15, -0.1) is 0 Å². The van der Waals surface area contributed by atoms with Gasteiger partial charge in [0.2, 0.25) is 5.91 Å². The van der Waals surface area contributed by atoms with E-state index in [-0.39, 0.29) is 29.0 Å². The van der Waals surface area contributed by atoms with E-state index in [1.54, 1.807) is 7.11 Å². The topological polar surface area (TPSA) is 108 Å². The number of nitrogens with one attached hydrogen (secondary N) is 2. The Morgan fingerprint density at radius 2 is 1.89 bits per heavy atom. The molecular weight excluding hydrogens is 478 g/mol. The highest BCUT2D eigenvalue weighted by Crippen LogP contribution is 2.38. The van der Waals surface area contributed by atoms with Crippen molar-refractivity contribution in [2.45, 2.75) is 56.4 Å². The lowest BCUT2D eigenvalue weighted by Gasteiger charge is -2.35. The lowest BCUT2D eigenvalue weighted by atomic mass is 9.88. The number of ether oxygens (including phenoxy) is 1. The summed E-state index contributed by atoms with van der Waals surface area (Å²) in [6.45, 7) is 6.81. The van der Waals surface area contributed by atoms with Crippen LogP contribution in [0.4, 0.5) is 11.4 Å². The molecule has 4 rings (SSSR count). The van der Waals surface area contributed by atoms with E-state index in [9.17, 15) is 18.3 Å². The van der Waals surface area contributed by atoms with E-state index in [0.29, 0.717) is 36.1 Å². The molecule has 2 heterocycles. The molecular formula is C27H37N3O5S. The zero-order valence-corrected chi connectivity index (χ0v) is 22.3. The summed E-state index contributed by atoms with van der Waals surface area (Å²) in [4.78, 5) is 15.9. The molecule has 9 heteroatoms. The molecule has 0 bridgehead atoms. The first kappa shape index (κ1) is 26.3. The molecule has 1 fully saturated rings. The van der Waals surface area contributed by atoms with E-state index < -0.39 is 9.84 Å². The van der Waals surface area contributed by atoms with E-state index in [1.165, 1.54) is 12.1 Å². The predicted molar refractivity (Wildman–Crippen MR) is 142 cm³/mol. The number of piperidine rings is 1. The number of fused-ring (bicyclic) bond motifs is 1. The molecule has 0 aromatic heterocycles. The first-order chi connectivity index (χ1) is 17.1. The summed E-state index contributed by atoms with van der Waals surface area (Å²) < 4.78 is 30.1. The zero-order valence-electron chi connectivity index (χ0n) is 21.5. The molecule has 8 nitrogen and oxygen atoms in total. The number of benzene rings is 2. The Labute approximate surface area is 214 Å². The van der Waals surface area contributed by atoms with Crippen LogP contribution in [0.3, 0.4) is 0 Å². The van der Waals surface area contributed by atoms with Gasteiger partial charge in [-0.3, -0.25) is 4.79 Å². The largest absolute Gasteiger partial charge is 0.508 e. The van der Waals surface area contributed by atoms with Crippen LogP contribution in [0.5, 0.6) is 11.5 Å². The molecule has 2 aliphatic heterocycles. The molecule has 1 atom stereocenters. The van der Waals surface area contributed by atoms with Gasteiger partial charge in [-0.2, -0.15) is 0 Å². The predicted octanol–water partition coefficient (Wildman–Crippen LogP) is 4.01. The second kappa shape index (κ2) is 10.7. The Morgan fingerprint density at radius 3 is 2.53 bits per heavy atom. The normalized spacial score (nSPS) is 19.3. The Balaban J connectivity index is 1.48. The Morgan fingerprint density at radius 1 is 1.17 bits per heavy atom. The second-order valence-corrected chi connectivity index (χ2v) is 12.2. The number of phenolic OH excluding ortho intramolecular Hbond substituents is 1. The number of sulfone groups is 1. The molecule has 1 saturated heterocycles. The van der Waals surface area contributed by atoms with Crippen LogP contribution < -0.4 is 15.4 Å². The van der Waals surface area contributed by atoms with Crippen molar-refractivity contribution in [2.24, 2.45) is 5.92 Å². The van der Waals surface area contributed by atoms with Gasteiger partial charge in [0.05, 0.1) is 23.6 Å². The van der Waals surface area contributed by atoms with Gasteiger partial charge in [0.1, 0.15) is 11.5 Å². The maximum atomic E-state index is 13.2. The number of anilines is 2. The van der Waals surface area contributed by atoms with Gasteiger partial charge in [0, 0.05) is 30.1 Å². The summed E-state index contributed by atoms with van der Waals surface area (Å²) in [5.74, 6) is 0.726. The van der Waals surface area contributed by atoms with Crippen molar-refractivity contribution in [2.75, 3.05) is 43.6 Å². The quantitative estimate of drug-likeness (QED) is 0.534. The fourth-order valence-corrected chi connectivity index (χ4v) is 6.22. The van der Waals surface area contributed by atoms with Gasteiger partial charge in [-0.1, -0.05) is 0 Å². The summed E-state index contributed by atoms with van der Waals surface area (Å²) in [5, 5.41) is 16.5. The molecule has 196 valence electrons. The van der Waals surface area contributed by atoms with Crippen molar-refractivity contribution in [3.8, 4) is 11.5 Å². The third-order valence-corrected chi connectivity index (χ3v) is 8.62. The van der Waals surface area contributed by atoms with Crippen LogP contribution in [-0.2, 0) is 21.1 Å². The lowest BCUT2D eigenvalue weighted by Crippen LogP contribution is -2.37. The summed E-state index contributed by atoms with van der Waals surface area (Å²) in [6, 6.07) is 9.14. The fraction of sp³-hybridized carbons (Fsp3) is 0.519. The van der Waals surface area contributed by atoms with Gasteiger partial charge in [-0.05, 0) is 94.4 Å². The van der Waals surface area contributed by atoms with Gasteiger partial charge >= 0.3 is 0 Å². The van der Waals surface area contributed by atoms with E-state index in [0.717, 1.165) is 49.2 Å². The number of likely N-dealkylation sites (tertiary alicyclic amines) is 1. The molecule has 0 saturated carbocycles. The summed E-state index contributed by atoms with van der Waals surface area (Å²) in [7, 11) is -1.81. The molecule has 0 spiro atoms. The monoisotopic (exact) mass is 515 g/mol. The Bertz CT molecular complexity index is 1220. The number of hydrogen-bond donors (Lipinski definition) is 3. The van der Waals surface area contributed by atoms with Crippen LogP contribution >= 0.6 is 0 Å². The molecule has 1 amide bonds. The minimum absolute atomic E-state index is 0.0364. The van der Waals surface area contributed by atoms with E-state index in [1.807, 2.05) is 18.2 Å². The van der Waals surface area contributed by atoms with Crippen LogP contribution in [-0.4, -0.2) is 63.4 Å². The summed E-state index contributed by atoms with van der Waals surface area (Å²) in [6.07, 6.45) is 4.12. The van der Waals surface area contributed by atoms with Crippen molar-refractivity contribution in [3.63, 3.8) is 0 Å². The van der Waals surface area contributed by atoms with E-state index in [4.69, 9.17) is 4.74 Å². The van der Waals surface area contributed by atoms with Crippen LogP contribution in [0.15, 0.2) is 35.2 Å². The van der Waals surface area contributed by atoms with Crippen LogP contribution in [0.2, 0.25) is 0 Å². The molecule has 2 aliphatic rings. The number of amides is 1. The number of carbonyl (C=O) groups excluding carboxylic acids is 1. The molecule has 36 heavy (non-hydrogen) atoms. The fourth-order valence-electron chi connectivity index (χ4n) is 5.34. The third kappa shape index (κ3) is 5.62. The van der Waals surface area contributed by atoms with Gasteiger partial charge in [0.25, 0.3) is 0 Å². The highest BCUT2D eigenvalue weighted by atomic mass is 32.2. The number of hydrogen-bond acceptors (Lipinski definition) is 7. The number of nitrogens with zero attached hydrogens (tertiary/aromatic N) is 1. The second-order valence-electron chi connectivity index (χ2n) is 10.2. The molecule has 2 aromatic carbocycles. The third-order valence-electron chi connectivity index (χ3n) is 7.49. The smallest absolute Gasteiger partial charge is 0.229 e. The van der Waals surface area contributed by atoms with Crippen molar-refractivity contribution in [3.05, 3.63) is 41.5 Å². The first-order valence-electron chi connectivity index (χ1n) is 12.6. The minimum atomic E-state index is -3.48. The van der Waals surface area contributed by atoms with Crippen molar-refractivity contribution < 1.29 is 23.1 Å². The number of aromatic hydroxyl groups is 1. The van der Waals surface area contributed by atoms with Crippen molar-refractivity contribution in [1.29, 1.82) is 0 Å². The lowest BCUT2D eigenvalue weighted by molar-refractivity contribution is -0.119. The molecule has 0 aliphatic carbocycles. The van der Waals surface area contributed by atoms with Crippen LogP contribution in [0.25, 0.3) is 0 Å². The minimum Gasteiger partial charge on any atom is -0.508 e. The number of phenols is 1. The first-order valence-corrected chi connectivity index (χ1v) is 14.5. The average molecular weight is 516 g/mol. The number of carbonyl (C=O) groups is 1. The highest BCUT2D eigenvalue weighted by molar-refractivity contribution is 7.90. The molecule has 1 unspecified atom stereocenters. The van der Waals surface area contributed by atoms with Crippen LogP contribution in [0, 0.1) is 5.92 Å². The molecule has 0 radical (unpaired) electrons. The highest BCUT2D eigenvalue weighted by Gasteiger charge is 2.28. The SMILES string of the molecule is COc1ccc(NC(=O)C2CCc3c(O)ccc(S(C)(=O)=O)c3NC2)cc1C1CCN(C(C)C)CC1. The van der Waals surface area contributed by atoms with Crippen molar-refractivity contribution >= 4 is 27.1 Å². The van der Waals surface area contributed by atoms with E-state index >= 15 is 0 Å². The molecule has 3 N–H and O–H groups in total. The molecule has 2 aromatic rings. The van der Waals surface area contributed by atoms with E-state index in [2.05, 4.69) is 29.4 Å². The maximum absolute atomic E-state index is 13.2. The number of methoxy groups -OCH3 is 1. The summed E-state index contributed by atoms with van der Waals surface area (Å²) in [5.41, 5.74) is 2.77. The summed E-state index contributed by atoms with van der Waals surface area (Å²) >= 11 is 0. The Hall–Kier alpha value is -2.78. The Kier molecular flexibility index (Phi) is 7.80.